The number of anilines is 1. The SMILES string of the molecule is C[C@@H](N)C(=O)NCCC(=O)Nc1ccccc1. The second-order valence-corrected chi connectivity index (χ2v) is 3.74. The summed E-state index contributed by atoms with van der Waals surface area (Å²) in [6, 6.07) is 8.61. The Labute approximate surface area is 100 Å². The lowest BCUT2D eigenvalue weighted by Crippen LogP contribution is -2.39. The summed E-state index contributed by atoms with van der Waals surface area (Å²) < 4.78 is 0. The predicted molar refractivity (Wildman–Crippen MR) is 66.3 cm³/mol. The number of amides is 2. The van der Waals surface area contributed by atoms with Crippen LogP contribution in [-0.4, -0.2) is 24.4 Å². The normalized spacial score (nSPS) is 11.6. The molecule has 0 aliphatic heterocycles. The van der Waals surface area contributed by atoms with Gasteiger partial charge < -0.3 is 16.4 Å². The molecule has 4 N–H and O–H groups in total. The lowest BCUT2D eigenvalue weighted by Gasteiger charge is -2.08. The average molecular weight is 235 g/mol. The number of carbonyl (C=O) groups is 2. The number of nitrogens with one attached hydrogen (secondary N) is 2. The third-order valence-corrected chi connectivity index (χ3v) is 2.12. The molecule has 1 rings (SSSR count). The first-order valence-electron chi connectivity index (χ1n) is 5.48. The fraction of sp³-hybridized carbons (Fsp3) is 0.333. The molecule has 1 aromatic rings. The molecule has 1 aromatic carbocycles. The van der Waals surface area contributed by atoms with E-state index >= 15 is 0 Å². The molecule has 0 bridgehead atoms. The fourth-order valence-electron chi connectivity index (χ4n) is 1.21. The summed E-state index contributed by atoms with van der Waals surface area (Å²) >= 11 is 0. The van der Waals surface area contributed by atoms with Gasteiger partial charge in [-0.05, 0) is 19.1 Å². The molecule has 17 heavy (non-hydrogen) atoms. The first-order valence-corrected chi connectivity index (χ1v) is 5.48. The van der Waals surface area contributed by atoms with E-state index in [1.165, 1.54) is 0 Å². The quantitative estimate of drug-likeness (QED) is 0.694. The van der Waals surface area contributed by atoms with Gasteiger partial charge >= 0.3 is 0 Å². The third-order valence-electron chi connectivity index (χ3n) is 2.12. The lowest BCUT2D eigenvalue weighted by molar-refractivity contribution is -0.122. The summed E-state index contributed by atoms with van der Waals surface area (Å²) in [5, 5.41) is 5.30. The number of benzene rings is 1. The van der Waals surface area contributed by atoms with Crippen LogP contribution in [0.2, 0.25) is 0 Å². The molecule has 0 radical (unpaired) electrons. The van der Waals surface area contributed by atoms with Gasteiger partial charge in [0.15, 0.2) is 0 Å². The zero-order valence-corrected chi connectivity index (χ0v) is 9.77. The molecule has 92 valence electrons. The van der Waals surface area contributed by atoms with Crippen LogP contribution < -0.4 is 16.4 Å². The summed E-state index contributed by atoms with van der Waals surface area (Å²) in [6.07, 6.45) is 0.230. The molecule has 0 aromatic heterocycles. The Kier molecular flexibility index (Phi) is 5.16. The molecule has 5 nitrogen and oxygen atoms in total. The molecular weight excluding hydrogens is 218 g/mol. The molecule has 0 spiro atoms. The van der Waals surface area contributed by atoms with Crippen molar-refractivity contribution in [2.45, 2.75) is 19.4 Å². The van der Waals surface area contributed by atoms with Gasteiger partial charge in [0.2, 0.25) is 11.8 Å². The highest BCUT2D eigenvalue weighted by molar-refractivity contribution is 5.91. The Bertz CT molecular complexity index is 377. The Balaban J connectivity index is 2.25. The molecule has 0 saturated heterocycles. The van der Waals surface area contributed by atoms with Crippen molar-refractivity contribution in [2.24, 2.45) is 5.73 Å². The molecule has 5 heteroatoms. The fourth-order valence-corrected chi connectivity index (χ4v) is 1.21. The highest BCUT2D eigenvalue weighted by atomic mass is 16.2. The summed E-state index contributed by atoms with van der Waals surface area (Å²) in [5.41, 5.74) is 6.11. The third kappa shape index (κ3) is 5.12. The second-order valence-electron chi connectivity index (χ2n) is 3.74. The molecule has 0 heterocycles. The van der Waals surface area contributed by atoms with Crippen LogP contribution in [-0.2, 0) is 9.59 Å². The van der Waals surface area contributed by atoms with Gasteiger partial charge in [-0.15, -0.1) is 0 Å². The van der Waals surface area contributed by atoms with Crippen molar-refractivity contribution in [3.63, 3.8) is 0 Å². The number of nitrogens with two attached hydrogens (primary N) is 1. The van der Waals surface area contributed by atoms with E-state index in [9.17, 15) is 9.59 Å². The maximum atomic E-state index is 11.5. The van der Waals surface area contributed by atoms with E-state index in [1.807, 2.05) is 18.2 Å². The number of hydrogen-bond donors (Lipinski definition) is 3. The summed E-state index contributed by atoms with van der Waals surface area (Å²) in [6.45, 7) is 1.89. The highest BCUT2D eigenvalue weighted by Crippen LogP contribution is 2.04. The van der Waals surface area contributed by atoms with Gasteiger partial charge in [-0.2, -0.15) is 0 Å². The molecule has 0 unspecified atom stereocenters. The van der Waals surface area contributed by atoms with Gasteiger partial charge in [-0.25, -0.2) is 0 Å². The monoisotopic (exact) mass is 235 g/mol. The van der Waals surface area contributed by atoms with Crippen LogP contribution in [0.15, 0.2) is 30.3 Å². The second kappa shape index (κ2) is 6.65. The summed E-state index contributed by atoms with van der Waals surface area (Å²) in [7, 11) is 0. The maximum absolute atomic E-state index is 11.5. The van der Waals surface area contributed by atoms with E-state index in [4.69, 9.17) is 5.73 Å². The molecule has 0 saturated carbocycles. The number of rotatable bonds is 5. The molecule has 1 atom stereocenters. The van der Waals surface area contributed by atoms with Crippen molar-refractivity contribution in [1.29, 1.82) is 0 Å². The minimum absolute atomic E-state index is 0.138. The van der Waals surface area contributed by atoms with Gasteiger partial charge in [-0.1, -0.05) is 18.2 Å². The average Bonchev–Trinajstić information content (AvgIpc) is 2.30. The summed E-state index contributed by atoms with van der Waals surface area (Å²) in [4.78, 5) is 22.6. The Hall–Kier alpha value is -1.88. The van der Waals surface area contributed by atoms with Gasteiger partial charge in [-0.3, -0.25) is 9.59 Å². The van der Waals surface area contributed by atoms with E-state index < -0.39 is 6.04 Å². The molecule has 0 fully saturated rings. The van der Waals surface area contributed by atoms with Crippen LogP contribution in [0.1, 0.15) is 13.3 Å². The molecule has 0 aliphatic rings. The maximum Gasteiger partial charge on any atom is 0.236 e. The smallest absolute Gasteiger partial charge is 0.236 e. The van der Waals surface area contributed by atoms with Crippen molar-refractivity contribution in [1.82, 2.24) is 5.32 Å². The number of para-hydroxylation sites is 1. The topological polar surface area (TPSA) is 84.2 Å². The van der Waals surface area contributed by atoms with Gasteiger partial charge in [0.1, 0.15) is 0 Å². The van der Waals surface area contributed by atoms with E-state index in [0.717, 1.165) is 5.69 Å². The van der Waals surface area contributed by atoms with E-state index in [2.05, 4.69) is 10.6 Å². The van der Waals surface area contributed by atoms with E-state index in [1.54, 1.807) is 19.1 Å². The van der Waals surface area contributed by atoms with Crippen molar-refractivity contribution in [2.75, 3.05) is 11.9 Å². The predicted octanol–water partition coefficient (Wildman–Crippen LogP) is 0.479. The largest absolute Gasteiger partial charge is 0.354 e. The van der Waals surface area contributed by atoms with Crippen molar-refractivity contribution in [3.8, 4) is 0 Å². The van der Waals surface area contributed by atoms with Crippen molar-refractivity contribution < 1.29 is 9.59 Å². The van der Waals surface area contributed by atoms with E-state index in [0.29, 0.717) is 6.54 Å². The Morgan fingerprint density at radius 3 is 2.53 bits per heavy atom. The Morgan fingerprint density at radius 1 is 1.29 bits per heavy atom. The zero-order chi connectivity index (χ0) is 12.7. The van der Waals surface area contributed by atoms with Gasteiger partial charge in [0.25, 0.3) is 0 Å². The van der Waals surface area contributed by atoms with Crippen LogP contribution >= 0.6 is 0 Å². The van der Waals surface area contributed by atoms with Crippen LogP contribution in [0.25, 0.3) is 0 Å². The van der Waals surface area contributed by atoms with Gasteiger partial charge in [0, 0.05) is 18.7 Å². The molecule has 2 amide bonds. The molecule has 0 aliphatic carbocycles. The van der Waals surface area contributed by atoms with Crippen LogP contribution in [0.4, 0.5) is 5.69 Å². The summed E-state index contributed by atoms with van der Waals surface area (Å²) in [5.74, 6) is -0.390. The van der Waals surface area contributed by atoms with Crippen molar-refractivity contribution >= 4 is 17.5 Å². The zero-order valence-electron chi connectivity index (χ0n) is 9.77. The minimum atomic E-state index is -0.549. The first kappa shape index (κ1) is 13.2. The van der Waals surface area contributed by atoms with Crippen LogP contribution in [0.3, 0.4) is 0 Å². The van der Waals surface area contributed by atoms with Crippen molar-refractivity contribution in [3.05, 3.63) is 30.3 Å². The Morgan fingerprint density at radius 2 is 1.94 bits per heavy atom. The standard InChI is InChI=1S/C12H17N3O2/c1-9(13)12(17)14-8-7-11(16)15-10-5-3-2-4-6-10/h2-6,9H,7-8,13H2,1H3,(H,14,17)(H,15,16)/t9-/m1/s1. The van der Waals surface area contributed by atoms with Crippen LogP contribution in [0, 0.1) is 0 Å². The van der Waals surface area contributed by atoms with Gasteiger partial charge in [0.05, 0.1) is 6.04 Å². The van der Waals surface area contributed by atoms with Crippen LogP contribution in [0.5, 0.6) is 0 Å². The minimum Gasteiger partial charge on any atom is -0.354 e. The molecular formula is C12H17N3O2. The number of carbonyl (C=O) groups excluding carboxylic acids is 2. The van der Waals surface area contributed by atoms with E-state index in [-0.39, 0.29) is 18.2 Å². The lowest BCUT2D eigenvalue weighted by atomic mass is 10.3. The first-order chi connectivity index (χ1) is 8.09. The highest BCUT2D eigenvalue weighted by Gasteiger charge is 2.07. The number of hydrogen-bond acceptors (Lipinski definition) is 3.